The summed E-state index contributed by atoms with van der Waals surface area (Å²) in [6.45, 7) is 1.94. The molecule has 176 valence electrons. The first kappa shape index (κ1) is 22.0. The van der Waals surface area contributed by atoms with Crippen LogP contribution in [0.5, 0.6) is 5.75 Å². The number of halogens is 3. The molecule has 0 saturated heterocycles. The predicted molar refractivity (Wildman–Crippen MR) is 116 cm³/mol. The van der Waals surface area contributed by atoms with Crippen molar-refractivity contribution in [1.29, 1.82) is 0 Å². The Hall–Kier alpha value is -2.82. The van der Waals surface area contributed by atoms with E-state index in [1.54, 1.807) is 0 Å². The molecule has 0 radical (unpaired) electrons. The summed E-state index contributed by atoms with van der Waals surface area (Å²) in [4.78, 5) is 4.19. The minimum absolute atomic E-state index is 0.122. The summed E-state index contributed by atoms with van der Waals surface area (Å²) >= 11 is 0. The van der Waals surface area contributed by atoms with E-state index in [4.69, 9.17) is 10.5 Å². The molecule has 1 fully saturated rings. The molecule has 33 heavy (non-hydrogen) atoms. The van der Waals surface area contributed by atoms with Crippen LogP contribution in [-0.2, 0) is 18.9 Å². The number of hydrogen-bond acceptors (Lipinski definition) is 6. The van der Waals surface area contributed by atoms with Crippen molar-refractivity contribution >= 4 is 16.7 Å². The molecule has 2 aromatic heterocycles. The molecule has 3 heterocycles. The highest BCUT2D eigenvalue weighted by Crippen LogP contribution is 2.40. The van der Waals surface area contributed by atoms with Crippen molar-refractivity contribution in [3.63, 3.8) is 0 Å². The molecule has 0 bridgehead atoms. The lowest BCUT2D eigenvalue weighted by molar-refractivity contribution is -0.0171. The first-order valence-corrected chi connectivity index (χ1v) is 10.8. The molecule has 5 rings (SSSR count). The molecule has 1 saturated carbocycles. The standard InChI is InChI=1S/C23H25F3N4O3/c1-23(25,26)12-6-11-2-4-28-9-13(11)17(7-12)33-18-8-16(20(31)21(18)32)30-10-14(24)19-15(27)3-5-29-22(19)30/h3,5-7,10,16,18,20-21,28,31-32H,2,4,8-9H2,1H3,(H2,27,29)/t16?,18?,20-,21+/m0/s1. The zero-order chi connectivity index (χ0) is 23.5. The van der Waals surface area contributed by atoms with Crippen molar-refractivity contribution in [3.05, 3.63) is 53.1 Å². The maximum Gasteiger partial charge on any atom is 0.270 e. The van der Waals surface area contributed by atoms with Crippen LogP contribution >= 0.6 is 0 Å². The summed E-state index contributed by atoms with van der Waals surface area (Å²) in [6, 6.07) is 3.54. The number of anilines is 1. The van der Waals surface area contributed by atoms with Gasteiger partial charge in [0.1, 0.15) is 29.7 Å². The molecule has 1 aromatic carbocycles. The fourth-order valence-corrected chi connectivity index (χ4v) is 4.85. The number of hydrogen-bond donors (Lipinski definition) is 4. The van der Waals surface area contributed by atoms with Crippen LogP contribution in [0.15, 0.2) is 30.6 Å². The van der Waals surface area contributed by atoms with Crippen LogP contribution in [-0.4, -0.2) is 44.6 Å². The summed E-state index contributed by atoms with van der Waals surface area (Å²) in [5, 5.41) is 24.8. The van der Waals surface area contributed by atoms with Gasteiger partial charge >= 0.3 is 0 Å². The van der Waals surface area contributed by atoms with Gasteiger partial charge in [-0.1, -0.05) is 0 Å². The Kier molecular flexibility index (Phi) is 5.26. The molecule has 0 amide bonds. The molecule has 5 N–H and O–H groups in total. The monoisotopic (exact) mass is 462 g/mol. The smallest absolute Gasteiger partial charge is 0.270 e. The normalized spacial score (nSPS) is 25.4. The van der Waals surface area contributed by atoms with E-state index in [9.17, 15) is 23.4 Å². The number of aliphatic hydroxyl groups excluding tert-OH is 2. The van der Waals surface area contributed by atoms with E-state index in [1.165, 1.54) is 35.2 Å². The van der Waals surface area contributed by atoms with Gasteiger partial charge in [0.05, 0.1) is 11.4 Å². The molecule has 2 aliphatic rings. The molecule has 2 unspecified atom stereocenters. The highest BCUT2D eigenvalue weighted by Gasteiger charge is 2.45. The van der Waals surface area contributed by atoms with Gasteiger partial charge in [0.25, 0.3) is 5.92 Å². The van der Waals surface area contributed by atoms with E-state index in [0.717, 1.165) is 18.1 Å². The molecule has 4 atom stereocenters. The summed E-state index contributed by atoms with van der Waals surface area (Å²) in [7, 11) is 0. The Labute approximate surface area is 188 Å². The molecular formula is C23H25F3N4O3. The van der Waals surface area contributed by atoms with Crippen LogP contribution in [0, 0.1) is 5.82 Å². The zero-order valence-electron chi connectivity index (χ0n) is 17.9. The van der Waals surface area contributed by atoms with E-state index < -0.39 is 36.1 Å². The molecular weight excluding hydrogens is 437 g/mol. The van der Waals surface area contributed by atoms with Gasteiger partial charge < -0.3 is 30.6 Å². The van der Waals surface area contributed by atoms with E-state index >= 15 is 0 Å². The number of nitrogens with zero attached hydrogens (tertiary/aromatic N) is 2. The van der Waals surface area contributed by atoms with Crippen LogP contribution in [0.2, 0.25) is 0 Å². The van der Waals surface area contributed by atoms with Crippen LogP contribution in [0.25, 0.3) is 11.0 Å². The minimum atomic E-state index is -3.05. The van der Waals surface area contributed by atoms with Gasteiger partial charge in [-0.05, 0) is 36.7 Å². The third-order valence-corrected chi connectivity index (χ3v) is 6.61. The Balaban J connectivity index is 1.49. The Morgan fingerprint density at radius 3 is 2.82 bits per heavy atom. The number of rotatable bonds is 4. The van der Waals surface area contributed by atoms with Crippen LogP contribution in [0.3, 0.4) is 0 Å². The summed E-state index contributed by atoms with van der Waals surface area (Å²) in [5.41, 5.74) is 7.70. The zero-order valence-corrected chi connectivity index (χ0v) is 17.9. The highest BCUT2D eigenvalue weighted by molar-refractivity contribution is 5.89. The topological polar surface area (TPSA) is 106 Å². The van der Waals surface area contributed by atoms with Crippen molar-refractivity contribution in [2.75, 3.05) is 12.3 Å². The van der Waals surface area contributed by atoms with Gasteiger partial charge in [0.2, 0.25) is 0 Å². The maximum atomic E-state index is 14.5. The first-order chi connectivity index (χ1) is 15.6. The van der Waals surface area contributed by atoms with Gasteiger partial charge in [-0.15, -0.1) is 0 Å². The number of nitrogens with one attached hydrogen (secondary N) is 1. The van der Waals surface area contributed by atoms with Crippen LogP contribution < -0.4 is 15.8 Å². The number of fused-ring (bicyclic) bond motifs is 2. The quantitative estimate of drug-likeness (QED) is 0.475. The van der Waals surface area contributed by atoms with Gasteiger partial charge in [0.15, 0.2) is 5.82 Å². The second-order valence-corrected chi connectivity index (χ2v) is 8.85. The molecule has 10 heteroatoms. The molecule has 7 nitrogen and oxygen atoms in total. The van der Waals surface area contributed by atoms with Gasteiger partial charge in [-0.2, -0.15) is 0 Å². The fraction of sp³-hybridized carbons (Fsp3) is 0.435. The van der Waals surface area contributed by atoms with E-state index in [-0.39, 0.29) is 34.5 Å². The van der Waals surface area contributed by atoms with E-state index in [1.807, 2.05) is 0 Å². The van der Waals surface area contributed by atoms with E-state index in [2.05, 4.69) is 10.3 Å². The largest absolute Gasteiger partial charge is 0.487 e. The highest BCUT2D eigenvalue weighted by atomic mass is 19.3. The van der Waals surface area contributed by atoms with Gasteiger partial charge in [0, 0.05) is 49.1 Å². The average molecular weight is 462 g/mol. The average Bonchev–Trinajstić information content (AvgIpc) is 3.25. The number of benzene rings is 1. The summed E-state index contributed by atoms with van der Waals surface area (Å²) < 4.78 is 50.3. The first-order valence-electron chi connectivity index (χ1n) is 10.8. The van der Waals surface area contributed by atoms with E-state index in [0.29, 0.717) is 19.5 Å². The summed E-state index contributed by atoms with van der Waals surface area (Å²) in [5.74, 6) is -3.39. The van der Waals surface area contributed by atoms with Crippen molar-refractivity contribution in [3.8, 4) is 5.75 Å². The SMILES string of the molecule is CC(F)(F)c1cc2c(c(OC3CC(n4cc(F)c5c(N)ccnc54)[C@H](O)[C@@H]3O)c1)CNCC2. The van der Waals surface area contributed by atoms with Gasteiger partial charge in [-0.25, -0.2) is 18.2 Å². The number of nitrogens with two attached hydrogens (primary N) is 1. The summed E-state index contributed by atoms with van der Waals surface area (Å²) in [6.07, 6.45) is -0.144. The van der Waals surface area contributed by atoms with Crippen LogP contribution in [0.1, 0.15) is 36.1 Å². The minimum Gasteiger partial charge on any atom is -0.487 e. The van der Waals surface area contributed by atoms with Gasteiger partial charge in [-0.3, -0.25) is 0 Å². The number of pyridine rings is 1. The Morgan fingerprint density at radius 2 is 2.06 bits per heavy atom. The second-order valence-electron chi connectivity index (χ2n) is 8.85. The Bertz CT molecular complexity index is 1210. The molecule has 3 aromatic rings. The lowest BCUT2D eigenvalue weighted by Crippen LogP contribution is -2.35. The lowest BCUT2D eigenvalue weighted by atomic mass is 9.95. The van der Waals surface area contributed by atoms with Crippen LogP contribution in [0.4, 0.5) is 18.9 Å². The molecule has 1 aliphatic carbocycles. The Morgan fingerprint density at radius 1 is 1.27 bits per heavy atom. The third-order valence-electron chi connectivity index (χ3n) is 6.61. The second kappa shape index (κ2) is 7.89. The number of nitrogen functional groups attached to an aromatic ring is 1. The molecule has 1 aliphatic heterocycles. The number of ether oxygens (including phenoxy) is 1. The lowest BCUT2D eigenvalue weighted by Gasteiger charge is -2.26. The third kappa shape index (κ3) is 3.71. The maximum absolute atomic E-state index is 14.5. The number of alkyl halides is 2. The van der Waals surface area contributed by atoms with Crippen molar-refractivity contribution < 1.29 is 28.1 Å². The molecule has 0 spiro atoms. The van der Waals surface area contributed by atoms with Crippen molar-refractivity contribution in [1.82, 2.24) is 14.9 Å². The number of aliphatic hydroxyl groups is 2. The number of aromatic nitrogens is 2. The van der Waals surface area contributed by atoms with Crippen molar-refractivity contribution in [2.24, 2.45) is 0 Å². The van der Waals surface area contributed by atoms with Crippen molar-refractivity contribution in [2.45, 2.75) is 56.6 Å². The predicted octanol–water partition coefficient (Wildman–Crippen LogP) is 2.63. The fourth-order valence-electron chi connectivity index (χ4n) is 4.85.